The van der Waals surface area contributed by atoms with Gasteiger partial charge in [-0.2, -0.15) is 0 Å². The third-order valence-electron chi connectivity index (χ3n) is 2.44. The maximum absolute atomic E-state index is 5.62. The molecule has 0 aliphatic heterocycles. The summed E-state index contributed by atoms with van der Waals surface area (Å²) in [6.45, 7) is 14.8. The van der Waals surface area contributed by atoms with Gasteiger partial charge in [0.25, 0.3) is 0 Å². The molecule has 1 N–H and O–H groups in total. The number of hydrogen-bond acceptors (Lipinski definition) is 3. The van der Waals surface area contributed by atoms with Gasteiger partial charge in [-0.1, -0.05) is 20.8 Å². The molecule has 3 heteroatoms. The van der Waals surface area contributed by atoms with E-state index in [1.54, 1.807) is 0 Å². The van der Waals surface area contributed by atoms with Gasteiger partial charge in [0.1, 0.15) is 0 Å². The Kier molecular flexibility index (Phi) is 6.53. The molecule has 0 aromatic carbocycles. The molecule has 0 saturated carbocycles. The monoisotopic (exact) mass is 231 g/mol. The van der Waals surface area contributed by atoms with Crippen LogP contribution in [0.25, 0.3) is 0 Å². The van der Waals surface area contributed by atoms with Gasteiger partial charge in [0.05, 0.1) is 25.4 Å². The highest BCUT2D eigenvalue weighted by Gasteiger charge is 2.22. The van der Waals surface area contributed by atoms with Crippen molar-refractivity contribution in [3.8, 4) is 0 Å². The first kappa shape index (κ1) is 15.9. The Morgan fingerprint density at radius 2 is 1.56 bits per heavy atom. The normalized spacial score (nSPS) is 15.2. The van der Waals surface area contributed by atoms with E-state index in [9.17, 15) is 0 Å². The fourth-order valence-electron chi connectivity index (χ4n) is 1.37. The van der Waals surface area contributed by atoms with Crippen LogP contribution in [0.2, 0.25) is 0 Å². The standard InChI is InChI=1S/C13H29NO2/c1-12(2,3)11(14-7)10-15-8-9-16-13(4,5)6/h11,14H,8-10H2,1-7H3. The molecule has 1 atom stereocenters. The predicted molar refractivity (Wildman–Crippen MR) is 68.8 cm³/mol. The number of likely N-dealkylation sites (N-methyl/N-ethyl adjacent to an activating group) is 1. The largest absolute Gasteiger partial charge is 0.377 e. The van der Waals surface area contributed by atoms with E-state index in [0.717, 1.165) is 6.61 Å². The molecule has 0 radical (unpaired) electrons. The van der Waals surface area contributed by atoms with Crippen LogP contribution in [-0.2, 0) is 9.47 Å². The highest BCUT2D eigenvalue weighted by atomic mass is 16.5. The molecule has 1 unspecified atom stereocenters. The minimum atomic E-state index is -0.0736. The van der Waals surface area contributed by atoms with Crippen LogP contribution in [0.15, 0.2) is 0 Å². The number of ether oxygens (including phenoxy) is 2. The molecule has 0 aliphatic carbocycles. The van der Waals surface area contributed by atoms with Crippen molar-refractivity contribution in [2.75, 3.05) is 26.9 Å². The minimum absolute atomic E-state index is 0.0736. The quantitative estimate of drug-likeness (QED) is 0.712. The van der Waals surface area contributed by atoms with Gasteiger partial charge in [0.2, 0.25) is 0 Å². The summed E-state index contributed by atoms with van der Waals surface area (Å²) in [7, 11) is 1.98. The lowest BCUT2D eigenvalue weighted by atomic mass is 9.87. The van der Waals surface area contributed by atoms with E-state index >= 15 is 0 Å². The molecule has 0 aromatic rings. The molecule has 98 valence electrons. The lowest BCUT2D eigenvalue weighted by Crippen LogP contribution is -2.42. The zero-order valence-electron chi connectivity index (χ0n) is 12.0. The fourth-order valence-corrected chi connectivity index (χ4v) is 1.37. The van der Waals surface area contributed by atoms with E-state index in [4.69, 9.17) is 9.47 Å². The number of nitrogens with one attached hydrogen (secondary N) is 1. The lowest BCUT2D eigenvalue weighted by molar-refractivity contribution is -0.0407. The highest BCUT2D eigenvalue weighted by Crippen LogP contribution is 2.19. The van der Waals surface area contributed by atoms with E-state index in [1.807, 2.05) is 7.05 Å². The second-order valence-corrected chi connectivity index (χ2v) is 6.24. The Balaban J connectivity index is 3.65. The Morgan fingerprint density at radius 1 is 1.00 bits per heavy atom. The van der Waals surface area contributed by atoms with Crippen LogP contribution in [0.1, 0.15) is 41.5 Å². The molecule has 0 heterocycles. The van der Waals surface area contributed by atoms with E-state index in [0.29, 0.717) is 19.3 Å². The van der Waals surface area contributed by atoms with Crippen LogP contribution in [0.4, 0.5) is 0 Å². The second-order valence-electron chi connectivity index (χ2n) is 6.24. The van der Waals surface area contributed by atoms with Crippen molar-refractivity contribution in [2.24, 2.45) is 5.41 Å². The number of hydrogen-bond donors (Lipinski definition) is 1. The Bertz CT molecular complexity index is 179. The van der Waals surface area contributed by atoms with Gasteiger partial charge < -0.3 is 14.8 Å². The summed E-state index contributed by atoms with van der Waals surface area (Å²) in [6, 6.07) is 0.377. The first-order valence-electron chi connectivity index (χ1n) is 6.06. The van der Waals surface area contributed by atoms with Crippen molar-refractivity contribution in [2.45, 2.75) is 53.2 Å². The topological polar surface area (TPSA) is 30.5 Å². The van der Waals surface area contributed by atoms with Crippen LogP contribution in [0.3, 0.4) is 0 Å². The molecule has 3 nitrogen and oxygen atoms in total. The molecule has 0 bridgehead atoms. The highest BCUT2D eigenvalue weighted by molar-refractivity contribution is 4.78. The summed E-state index contributed by atoms with van der Waals surface area (Å²) in [5, 5.41) is 3.28. The van der Waals surface area contributed by atoms with Crippen LogP contribution in [-0.4, -0.2) is 38.5 Å². The van der Waals surface area contributed by atoms with Gasteiger partial charge in [-0.3, -0.25) is 0 Å². The summed E-state index contributed by atoms with van der Waals surface area (Å²) in [5.41, 5.74) is 0.148. The van der Waals surface area contributed by atoms with E-state index < -0.39 is 0 Å². The molecule has 0 saturated heterocycles. The maximum Gasteiger partial charge on any atom is 0.0707 e. The summed E-state index contributed by atoms with van der Waals surface area (Å²) in [6.07, 6.45) is 0. The zero-order valence-corrected chi connectivity index (χ0v) is 12.0. The van der Waals surface area contributed by atoms with E-state index in [2.05, 4.69) is 46.9 Å². The molecule has 0 spiro atoms. The number of rotatable bonds is 6. The predicted octanol–water partition coefficient (Wildman–Crippen LogP) is 2.45. The second kappa shape index (κ2) is 6.58. The summed E-state index contributed by atoms with van der Waals surface area (Å²) >= 11 is 0. The van der Waals surface area contributed by atoms with Crippen molar-refractivity contribution in [3.05, 3.63) is 0 Å². The van der Waals surface area contributed by atoms with Gasteiger partial charge in [0.15, 0.2) is 0 Å². The van der Waals surface area contributed by atoms with Crippen LogP contribution >= 0.6 is 0 Å². The third-order valence-corrected chi connectivity index (χ3v) is 2.44. The smallest absolute Gasteiger partial charge is 0.0707 e. The molecule has 0 rings (SSSR count). The van der Waals surface area contributed by atoms with Gasteiger partial charge in [-0.15, -0.1) is 0 Å². The average Bonchev–Trinajstić information content (AvgIpc) is 2.07. The summed E-state index contributed by atoms with van der Waals surface area (Å²) in [4.78, 5) is 0. The average molecular weight is 231 g/mol. The molecular weight excluding hydrogens is 202 g/mol. The maximum atomic E-state index is 5.62. The summed E-state index contributed by atoms with van der Waals surface area (Å²) in [5.74, 6) is 0. The van der Waals surface area contributed by atoms with Gasteiger partial charge in [-0.05, 0) is 33.2 Å². The molecule has 0 aromatic heterocycles. The first-order valence-corrected chi connectivity index (χ1v) is 6.06. The molecule has 0 amide bonds. The zero-order chi connectivity index (χ0) is 12.8. The van der Waals surface area contributed by atoms with Crippen molar-refractivity contribution in [1.29, 1.82) is 0 Å². The Labute approximate surface area is 101 Å². The summed E-state index contributed by atoms with van der Waals surface area (Å²) < 4.78 is 11.2. The first-order chi connectivity index (χ1) is 7.17. The molecule has 0 fully saturated rings. The van der Waals surface area contributed by atoms with Crippen molar-refractivity contribution in [1.82, 2.24) is 5.32 Å². The lowest BCUT2D eigenvalue weighted by Gasteiger charge is -2.30. The van der Waals surface area contributed by atoms with Crippen molar-refractivity contribution >= 4 is 0 Å². The van der Waals surface area contributed by atoms with E-state index in [1.165, 1.54) is 0 Å². The van der Waals surface area contributed by atoms with Crippen molar-refractivity contribution < 1.29 is 9.47 Å². The van der Waals surface area contributed by atoms with Crippen LogP contribution < -0.4 is 5.32 Å². The van der Waals surface area contributed by atoms with Crippen LogP contribution in [0, 0.1) is 5.41 Å². The van der Waals surface area contributed by atoms with Crippen molar-refractivity contribution in [3.63, 3.8) is 0 Å². The minimum Gasteiger partial charge on any atom is -0.377 e. The Morgan fingerprint density at radius 3 is 1.94 bits per heavy atom. The van der Waals surface area contributed by atoms with Gasteiger partial charge in [0, 0.05) is 6.04 Å². The Hall–Kier alpha value is -0.120. The van der Waals surface area contributed by atoms with Gasteiger partial charge >= 0.3 is 0 Å². The molecule has 0 aliphatic rings. The van der Waals surface area contributed by atoms with Gasteiger partial charge in [-0.25, -0.2) is 0 Å². The fraction of sp³-hybridized carbons (Fsp3) is 1.00. The van der Waals surface area contributed by atoms with Crippen LogP contribution in [0.5, 0.6) is 0 Å². The SMILES string of the molecule is CNC(COCCOC(C)(C)C)C(C)(C)C. The van der Waals surface area contributed by atoms with E-state index in [-0.39, 0.29) is 11.0 Å². The molecular formula is C13H29NO2. The molecule has 16 heavy (non-hydrogen) atoms. The third kappa shape index (κ3) is 8.08.